The zero-order valence-electron chi connectivity index (χ0n) is 18.1. The lowest BCUT2D eigenvalue weighted by molar-refractivity contribution is -0.118. The number of hydrogen-bond donors (Lipinski definition) is 1. The van der Waals surface area contributed by atoms with E-state index in [9.17, 15) is 9.18 Å². The van der Waals surface area contributed by atoms with Gasteiger partial charge < -0.3 is 19.9 Å². The lowest BCUT2D eigenvalue weighted by Gasteiger charge is -2.37. The summed E-state index contributed by atoms with van der Waals surface area (Å²) in [6, 6.07) is 19.0. The Balaban J connectivity index is 1.27. The van der Waals surface area contributed by atoms with E-state index in [1.807, 2.05) is 23.1 Å². The van der Waals surface area contributed by atoms with Crippen molar-refractivity contribution in [2.24, 2.45) is 0 Å². The van der Waals surface area contributed by atoms with Crippen LogP contribution in [0.25, 0.3) is 0 Å². The molecule has 4 rings (SSSR count). The summed E-state index contributed by atoms with van der Waals surface area (Å²) < 4.78 is 19.6. The van der Waals surface area contributed by atoms with Gasteiger partial charge in [0.2, 0.25) is 0 Å². The molecule has 34 heavy (non-hydrogen) atoms. The Labute approximate surface area is 213 Å². The fourth-order valence-electron chi connectivity index (χ4n) is 3.65. The van der Waals surface area contributed by atoms with E-state index in [1.165, 1.54) is 6.07 Å². The molecule has 3 aromatic rings. The van der Waals surface area contributed by atoms with E-state index in [-0.39, 0.29) is 18.3 Å². The normalized spacial score (nSPS) is 13.5. The van der Waals surface area contributed by atoms with Gasteiger partial charge >= 0.3 is 0 Å². The fourth-order valence-corrected chi connectivity index (χ4v) is 4.27. The summed E-state index contributed by atoms with van der Waals surface area (Å²) in [4.78, 5) is 17.0. The molecule has 1 N–H and O–H groups in total. The molecule has 0 aliphatic carbocycles. The predicted molar refractivity (Wildman–Crippen MR) is 139 cm³/mol. The molecule has 1 amide bonds. The molecular weight excluding hydrogens is 496 g/mol. The number of anilines is 2. The molecular formula is C25H22Cl2FN3O2S. The molecule has 1 saturated heterocycles. The van der Waals surface area contributed by atoms with Crippen molar-refractivity contribution in [1.29, 1.82) is 0 Å². The van der Waals surface area contributed by atoms with Crippen LogP contribution in [-0.4, -0.2) is 48.6 Å². The number of thiocarbonyl (C=S) groups is 1. The van der Waals surface area contributed by atoms with Crippen LogP contribution in [0.4, 0.5) is 15.8 Å². The molecule has 1 aliphatic heterocycles. The Morgan fingerprint density at radius 3 is 2.35 bits per heavy atom. The first-order chi connectivity index (χ1) is 16.4. The Morgan fingerprint density at radius 2 is 1.68 bits per heavy atom. The van der Waals surface area contributed by atoms with Crippen LogP contribution in [0.15, 0.2) is 66.7 Å². The summed E-state index contributed by atoms with van der Waals surface area (Å²) in [5.74, 6) is 0.0330. The van der Waals surface area contributed by atoms with Crippen LogP contribution in [0.3, 0.4) is 0 Å². The molecule has 0 saturated carbocycles. The van der Waals surface area contributed by atoms with Gasteiger partial charge in [0.1, 0.15) is 16.6 Å². The number of carbonyl (C=O) groups is 1. The van der Waals surface area contributed by atoms with Gasteiger partial charge in [-0.25, -0.2) is 4.39 Å². The summed E-state index contributed by atoms with van der Waals surface area (Å²) in [5.41, 5.74) is 2.05. The summed E-state index contributed by atoms with van der Waals surface area (Å²) in [6.45, 7) is 2.65. The second-order valence-electron chi connectivity index (χ2n) is 7.72. The standard InChI is InChI=1S/C25H22Cl2FN3O2S/c26-20-10-7-18(15-21(20)27)29-24(32)16-33-19-8-5-17(6-9-19)25(34)31-13-11-30(12-14-31)23-4-2-1-3-22(23)28/h1-10,15H,11-14,16H2,(H,29,32). The molecule has 5 nitrogen and oxygen atoms in total. The number of amides is 1. The van der Waals surface area contributed by atoms with Gasteiger partial charge in [0.05, 0.1) is 15.7 Å². The van der Waals surface area contributed by atoms with E-state index in [0.717, 1.165) is 10.6 Å². The van der Waals surface area contributed by atoms with Crippen LogP contribution in [0.1, 0.15) is 5.56 Å². The molecule has 176 valence electrons. The van der Waals surface area contributed by atoms with Gasteiger partial charge in [-0.15, -0.1) is 0 Å². The maximum atomic E-state index is 14.1. The molecule has 3 aromatic carbocycles. The quantitative estimate of drug-likeness (QED) is 0.428. The minimum atomic E-state index is -0.314. The lowest BCUT2D eigenvalue weighted by atomic mass is 10.1. The van der Waals surface area contributed by atoms with Crippen LogP contribution in [-0.2, 0) is 4.79 Å². The largest absolute Gasteiger partial charge is 0.484 e. The number of piperazine rings is 1. The zero-order valence-corrected chi connectivity index (χ0v) is 20.5. The average Bonchev–Trinajstić information content (AvgIpc) is 2.85. The van der Waals surface area contributed by atoms with E-state index in [4.69, 9.17) is 40.2 Å². The van der Waals surface area contributed by atoms with E-state index < -0.39 is 0 Å². The minimum absolute atomic E-state index is 0.151. The van der Waals surface area contributed by atoms with Gasteiger partial charge in [-0.1, -0.05) is 47.6 Å². The number of nitrogens with zero attached hydrogens (tertiary/aromatic N) is 2. The smallest absolute Gasteiger partial charge is 0.262 e. The first kappa shape index (κ1) is 24.3. The molecule has 0 radical (unpaired) electrons. The number of halogens is 3. The number of carbonyl (C=O) groups excluding carboxylic acids is 1. The van der Waals surface area contributed by atoms with Crippen LogP contribution in [0.2, 0.25) is 10.0 Å². The van der Waals surface area contributed by atoms with E-state index in [0.29, 0.717) is 53.3 Å². The molecule has 1 aliphatic rings. The van der Waals surface area contributed by atoms with Crippen molar-refractivity contribution < 1.29 is 13.9 Å². The van der Waals surface area contributed by atoms with E-state index >= 15 is 0 Å². The SMILES string of the molecule is O=C(COc1ccc(C(=S)N2CCN(c3ccccc3F)CC2)cc1)Nc1ccc(Cl)c(Cl)c1. The number of para-hydroxylation sites is 1. The van der Waals surface area contributed by atoms with E-state index in [2.05, 4.69) is 10.2 Å². The Morgan fingerprint density at radius 1 is 0.971 bits per heavy atom. The van der Waals surface area contributed by atoms with Gasteiger partial charge in [0.25, 0.3) is 5.91 Å². The van der Waals surface area contributed by atoms with Gasteiger partial charge in [-0.05, 0) is 54.6 Å². The van der Waals surface area contributed by atoms with Crippen LogP contribution < -0.4 is 15.0 Å². The van der Waals surface area contributed by atoms with Crippen LogP contribution >= 0.6 is 35.4 Å². The molecule has 0 bridgehead atoms. The van der Waals surface area contributed by atoms with Crippen LogP contribution in [0, 0.1) is 5.82 Å². The molecule has 0 aromatic heterocycles. The number of ether oxygens (including phenoxy) is 1. The van der Waals surface area contributed by atoms with Crippen LogP contribution in [0.5, 0.6) is 5.75 Å². The highest BCUT2D eigenvalue weighted by molar-refractivity contribution is 7.80. The number of rotatable bonds is 6. The van der Waals surface area contributed by atoms with Gasteiger partial charge in [0.15, 0.2) is 6.61 Å². The Hall–Kier alpha value is -2.87. The second-order valence-corrected chi connectivity index (χ2v) is 8.92. The minimum Gasteiger partial charge on any atom is -0.484 e. The lowest BCUT2D eigenvalue weighted by Crippen LogP contribution is -2.48. The topological polar surface area (TPSA) is 44.8 Å². The molecule has 0 atom stereocenters. The predicted octanol–water partition coefficient (Wildman–Crippen LogP) is 5.65. The third-order valence-corrected chi connectivity index (χ3v) is 6.67. The van der Waals surface area contributed by atoms with E-state index in [1.54, 1.807) is 42.5 Å². The Kier molecular flexibility index (Phi) is 7.88. The second kappa shape index (κ2) is 11.0. The maximum absolute atomic E-state index is 14.1. The van der Waals surface area contributed by atoms with Crippen molar-refractivity contribution in [2.75, 3.05) is 43.0 Å². The van der Waals surface area contributed by atoms with Gasteiger partial charge in [0, 0.05) is 37.4 Å². The highest BCUT2D eigenvalue weighted by Crippen LogP contribution is 2.25. The first-order valence-corrected chi connectivity index (χ1v) is 11.8. The maximum Gasteiger partial charge on any atom is 0.262 e. The summed E-state index contributed by atoms with van der Waals surface area (Å²) in [7, 11) is 0. The summed E-state index contributed by atoms with van der Waals surface area (Å²) >= 11 is 17.5. The van der Waals surface area contributed by atoms with Crippen molar-refractivity contribution in [2.45, 2.75) is 0 Å². The van der Waals surface area contributed by atoms with Crippen molar-refractivity contribution in [3.05, 3.63) is 88.2 Å². The summed E-state index contributed by atoms with van der Waals surface area (Å²) in [6.07, 6.45) is 0. The number of benzene rings is 3. The van der Waals surface area contributed by atoms with Crippen molar-refractivity contribution in [3.63, 3.8) is 0 Å². The number of nitrogens with one attached hydrogen (secondary N) is 1. The van der Waals surface area contributed by atoms with Gasteiger partial charge in [-0.2, -0.15) is 0 Å². The highest BCUT2D eigenvalue weighted by atomic mass is 35.5. The van der Waals surface area contributed by atoms with Crippen molar-refractivity contribution in [3.8, 4) is 5.75 Å². The Bertz CT molecular complexity index is 1190. The molecule has 1 heterocycles. The highest BCUT2D eigenvalue weighted by Gasteiger charge is 2.21. The zero-order chi connectivity index (χ0) is 24.1. The van der Waals surface area contributed by atoms with Crippen molar-refractivity contribution in [1.82, 2.24) is 4.90 Å². The summed E-state index contributed by atoms with van der Waals surface area (Å²) in [5, 5.41) is 3.49. The molecule has 0 unspecified atom stereocenters. The fraction of sp³-hybridized carbons (Fsp3) is 0.200. The third-order valence-electron chi connectivity index (χ3n) is 5.43. The first-order valence-electron chi connectivity index (χ1n) is 10.7. The van der Waals surface area contributed by atoms with Crippen molar-refractivity contribution >= 4 is 57.7 Å². The number of hydrogen-bond acceptors (Lipinski definition) is 4. The monoisotopic (exact) mass is 517 g/mol. The average molecular weight is 518 g/mol. The third kappa shape index (κ3) is 5.97. The molecule has 0 spiro atoms. The molecule has 1 fully saturated rings. The van der Waals surface area contributed by atoms with Gasteiger partial charge in [-0.3, -0.25) is 4.79 Å². The molecule has 9 heteroatoms.